The molecule has 0 bridgehead atoms. The number of likely N-dealkylation sites (tertiary alicyclic amines) is 1. The SMILES string of the molecule is CCCC(CCN)CCCN1CC(C)C(N(C)C)C1. The molecule has 1 heterocycles. The Hall–Kier alpha value is -0.120. The number of nitrogens with two attached hydrogens (primary N) is 1. The van der Waals surface area contributed by atoms with E-state index in [4.69, 9.17) is 5.73 Å². The van der Waals surface area contributed by atoms with Crippen LogP contribution >= 0.6 is 0 Å². The molecule has 3 nitrogen and oxygen atoms in total. The fourth-order valence-electron chi connectivity index (χ4n) is 3.58. The molecule has 2 N–H and O–H groups in total. The molecular weight excluding hydrogens is 234 g/mol. The summed E-state index contributed by atoms with van der Waals surface area (Å²) in [6.45, 7) is 9.33. The third-order valence-corrected chi connectivity index (χ3v) is 4.67. The maximum Gasteiger partial charge on any atom is 0.0254 e. The summed E-state index contributed by atoms with van der Waals surface area (Å²) < 4.78 is 0. The van der Waals surface area contributed by atoms with E-state index in [0.29, 0.717) is 0 Å². The average Bonchev–Trinajstić information content (AvgIpc) is 2.71. The van der Waals surface area contributed by atoms with Crippen molar-refractivity contribution in [2.75, 3.05) is 40.3 Å². The van der Waals surface area contributed by atoms with Crippen molar-refractivity contribution in [3.63, 3.8) is 0 Å². The quantitative estimate of drug-likeness (QED) is 0.698. The van der Waals surface area contributed by atoms with Gasteiger partial charge in [-0.15, -0.1) is 0 Å². The van der Waals surface area contributed by atoms with Crippen LogP contribution in [0.5, 0.6) is 0 Å². The molecule has 19 heavy (non-hydrogen) atoms. The van der Waals surface area contributed by atoms with Gasteiger partial charge in [0.15, 0.2) is 0 Å². The van der Waals surface area contributed by atoms with Crippen molar-refractivity contribution < 1.29 is 0 Å². The Bertz CT molecular complexity index is 224. The lowest BCUT2D eigenvalue weighted by molar-refractivity contribution is 0.248. The van der Waals surface area contributed by atoms with E-state index in [-0.39, 0.29) is 0 Å². The number of hydrogen-bond acceptors (Lipinski definition) is 3. The molecule has 0 aliphatic carbocycles. The molecule has 3 unspecified atom stereocenters. The van der Waals surface area contributed by atoms with Gasteiger partial charge in [-0.3, -0.25) is 0 Å². The minimum Gasteiger partial charge on any atom is -0.330 e. The van der Waals surface area contributed by atoms with Gasteiger partial charge >= 0.3 is 0 Å². The second-order valence-corrected chi connectivity index (χ2v) is 6.64. The van der Waals surface area contributed by atoms with E-state index in [9.17, 15) is 0 Å². The van der Waals surface area contributed by atoms with Crippen LogP contribution in [0.4, 0.5) is 0 Å². The van der Waals surface area contributed by atoms with E-state index in [1.165, 1.54) is 51.7 Å². The first-order chi connectivity index (χ1) is 9.08. The van der Waals surface area contributed by atoms with Crippen molar-refractivity contribution in [1.29, 1.82) is 0 Å². The van der Waals surface area contributed by atoms with E-state index in [1.807, 2.05) is 0 Å². The van der Waals surface area contributed by atoms with Gasteiger partial charge in [0.25, 0.3) is 0 Å². The Balaban J connectivity index is 2.22. The first-order valence-electron chi connectivity index (χ1n) is 8.17. The molecule has 3 heteroatoms. The molecule has 3 atom stereocenters. The third kappa shape index (κ3) is 5.80. The Kier molecular flexibility index (Phi) is 7.96. The summed E-state index contributed by atoms with van der Waals surface area (Å²) in [5, 5.41) is 0. The van der Waals surface area contributed by atoms with Crippen LogP contribution in [-0.4, -0.2) is 56.1 Å². The molecule has 0 radical (unpaired) electrons. The lowest BCUT2D eigenvalue weighted by atomic mass is 9.94. The molecule has 1 aliphatic heterocycles. The lowest BCUT2D eigenvalue weighted by Crippen LogP contribution is -2.34. The number of rotatable bonds is 9. The summed E-state index contributed by atoms with van der Waals surface area (Å²) in [7, 11) is 4.42. The summed E-state index contributed by atoms with van der Waals surface area (Å²) in [5.74, 6) is 1.67. The van der Waals surface area contributed by atoms with E-state index in [0.717, 1.165) is 24.4 Å². The number of hydrogen-bond donors (Lipinski definition) is 1. The smallest absolute Gasteiger partial charge is 0.0254 e. The van der Waals surface area contributed by atoms with Crippen LogP contribution < -0.4 is 5.73 Å². The highest BCUT2D eigenvalue weighted by Gasteiger charge is 2.30. The molecule has 0 aromatic heterocycles. The standard InChI is InChI=1S/C16H35N3/c1-5-7-15(9-10-17)8-6-11-19-12-14(2)16(13-19)18(3)4/h14-16H,5-13,17H2,1-4H3. The van der Waals surface area contributed by atoms with Gasteiger partial charge in [0.2, 0.25) is 0 Å². The van der Waals surface area contributed by atoms with Crippen LogP contribution in [-0.2, 0) is 0 Å². The van der Waals surface area contributed by atoms with E-state index in [1.54, 1.807) is 0 Å². The van der Waals surface area contributed by atoms with E-state index in [2.05, 4.69) is 37.7 Å². The molecular formula is C16H35N3. The molecule has 1 rings (SSSR count). The minimum atomic E-state index is 0.746. The number of likely N-dealkylation sites (N-methyl/N-ethyl adjacent to an activating group) is 1. The highest BCUT2D eigenvalue weighted by atomic mass is 15.2. The average molecular weight is 269 g/mol. The van der Waals surface area contributed by atoms with Crippen LogP contribution in [0.2, 0.25) is 0 Å². The van der Waals surface area contributed by atoms with Gasteiger partial charge in [-0.25, -0.2) is 0 Å². The van der Waals surface area contributed by atoms with Crippen LogP contribution in [0.3, 0.4) is 0 Å². The van der Waals surface area contributed by atoms with Crippen LogP contribution in [0.1, 0.15) is 46.0 Å². The van der Waals surface area contributed by atoms with Crippen LogP contribution in [0.15, 0.2) is 0 Å². The molecule has 1 fully saturated rings. The third-order valence-electron chi connectivity index (χ3n) is 4.67. The Labute approximate surface area is 120 Å². The normalized spacial score (nSPS) is 26.2. The van der Waals surface area contributed by atoms with E-state index < -0.39 is 0 Å². The van der Waals surface area contributed by atoms with Gasteiger partial charge in [0.1, 0.15) is 0 Å². The highest BCUT2D eigenvalue weighted by molar-refractivity contribution is 4.86. The molecule has 1 saturated heterocycles. The van der Waals surface area contributed by atoms with Crippen molar-refractivity contribution in [3.05, 3.63) is 0 Å². The van der Waals surface area contributed by atoms with Gasteiger partial charge in [0, 0.05) is 19.1 Å². The molecule has 114 valence electrons. The predicted molar refractivity (Wildman–Crippen MR) is 84.4 cm³/mol. The van der Waals surface area contributed by atoms with Crippen LogP contribution in [0, 0.1) is 11.8 Å². The van der Waals surface area contributed by atoms with Gasteiger partial charge in [0.05, 0.1) is 0 Å². The Morgan fingerprint density at radius 2 is 1.95 bits per heavy atom. The first kappa shape index (κ1) is 16.9. The second kappa shape index (κ2) is 8.93. The molecule has 0 saturated carbocycles. The monoisotopic (exact) mass is 269 g/mol. The van der Waals surface area contributed by atoms with Crippen molar-refractivity contribution in [2.45, 2.75) is 52.0 Å². The molecule has 0 aromatic rings. The maximum absolute atomic E-state index is 5.71. The topological polar surface area (TPSA) is 32.5 Å². The Morgan fingerprint density at radius 1 is 1.21 bits per heavy atom. The molecule has 0 spiro atoms. The zero-order chi connectivity index (χ0) is 14.3. The molecule has 0 amide bonds. The summed E-state index contributed by atoms with van der Waals surface area (Å²) in [4.78, 5) is 5.04. The summed E-state index contributed by atoms with van der Waals surface area (Å²) in [6.07, 6.45) is 6.58. The van der Waals surface area contributed by atoms with Gasteiger partial charge in [-0.2, -0.15) is 0 Å². The van der Waals surface area contributed by atoms with Crippen molar-refractivity contribution in [2.24, 2.45) is 17.6 Å². The van der Waals surface area contributed by atoms with Crippen molar-refractivity contribution in [1.82, 2.24) is 9.80 Å². The lowest BCUT2D eigenvalue weighted by Gasteiger charge is -2.23. The number of nitrogens with zero attached hydrogens (tertiary/aromatic N) is 2. The fraction of sp³-hybridized carbons (Fsp3) is 1.00. The zero-order valence-corrected chi connectivity index (χ0v) is 13.6. The zero-order valence-electron chi connectivity index (χ0n) is 13.6. The first-order valence-corrected chi connectivity index (χ1v) is 8.17. The van der Waals surface area contributed by atoms with Gasteiger partial charge in [-0.1, -0.05) is 26.7 Å². The van der Waals surface area contributed by atoms with Crippen LogP contribution in [0.25, 0.3) is 0 Å². The predicted octanol–water partition coefficient (Wildman–Crippen LogP) is 2.41. The summed E-state index contributed by atoms with van der Waals surface area (Å²) in [6, 6.07) is 0.746. The van der Waals surface area contributed by atoms with E-state index >= 15 is 0 Å². The summed E-state index contributed by atoms with van der Waals surface area (Å²) in [5.41, 5.74) is 5.71. The second-order valence-electron chi connectivity index (χ2n) is 6.64. The minimum absolute atomic E-state index is 0.746. The maximum atomic E-state index is 5.71. The highest BCUT2D eigenvalue weighted by Crippen LogP contribution is 2.22. The Morgan fingerprint density at radius 3 is 2.47 bits per heavy atom. The van der Waals surface area contributed by atoms with Gasteiger partial charge in [-0.05, 0) is 58.3 Å². The largest absolute Gasteiger partial charge is 0.330 e. The summed E-state index contributed by atoms with van der Waals surface area (Å²) >= 11 is 0. The fourth-order valence-corrected chi connectivity index (χ4v) is 3.58. The molecule has 1 aliphatic rings. The van der Waals surface area contributed by atoms with Gasteiger partial charge < -0.3 is 15.5 Å². The van der Waals surface area contributed by atoms with Crippen molar-refractivity contribution in [3.8, 4) is 0 Å². The molecule has 0 aromatic carbocycles. The van der Waals surface area contributed by atoms with Crippen molar-refractivity contribution >= 4 is 0 Å².